The SMILES string of the molecule is CCCC[C@@H](CC1=CC[C@@H]2[C@H](CC[C@]3(C)[C@@H]([C@H](C)CCCC(C)(C)O)CC[C@@H]23)C1)OC(=O)CCOCCOCCOCCOCCOCCOC. The Bertz CT molecular complexity index is 964. The molecule has 0 aromatic rings. The van der Waals surface area contributed by atoms with E-state index < -0.39 is 5.60 Å². The molecule has 0 bridgehead atoms. The topological polar surface area (TPSA) is 102 Å². The number of carbonyl (C=O) groups is 1. The van der Waals surface area contributed by atoms with Crippen molar-refractivity contribution in [1.29, 1.82) is 0 Å². The summed E-state index contributed by atoms with van der Waals surface area (Å²) < 4.78 is 38.5. The van der Waals surface area contributed by atoms with Crippen LogP contribution in [0.3, 0.4) is 0 Å². The summed E-state index contributed by atoms with van der Waals surface area (Å²) in [5.41, 5.74) is 1.41. The van der Waals surface area contributed by atoms with Gasteiger partial charge in [-0.1, -0.05) is 58.1 Å². The van der Waals surface area contributed by atoms with Crippen molar-refractivity contribution >= 4 is 5.97 Å². The van der Waals surface area contributed by atoms with Crippen LogP contribution in [0.25, 0.3) is 0 Å². The molecule has 298 valence electrons. The third-order valence-corrected chi connectivity index (χ3v) is 12.0. The predicted octanol–water partition coefficient (Wildman–Crippen LogP) is 7.95. The van der Waals surface area contributed by atoms with Gasteiger partial charge in [0, 0.05) is 13.5 Å². The highest BCUT2D eigenvalue weighted by Crippen LogP contribution is 2.63. The van der Waals surface area contributed by atoms with E-state index in [0.29, 0.717) is 78.1 Å². The van der Waals surface area contributed by atoms with E-state index in [4.69, 9.17) is 33.2 Å². The van der Waals surface area contributed by atoms with Gasteiger partial charge in [-0.2, -0.15) is 0 Å². The lowest BCUT2D eigenvalue weighted by molar-refractivity contribution is -0.150. The largest absolute Gasteiger partial charge is 0.462 e. The van der Waals surface area contributed by atoms with Gasteiger partial charge in [-0.15, -0.1) is 0 Å². The zero-order valence-corrected chi connectivity index (χ0v) is 33.4. The Labute approximate surface area is 311 Å². The van der Waals surface area contributed by atoms with E-state index in [9.17, 15) is 9.90 Å². The van der Waals surface area contributed by atoms with E-state index in [2.05, 4.69) is 26.8 Å². The zero-order chi connectivity index (χ0) is 37.0. The van der Waals surface area contributed by atoms with E-state index in [1.807, 2.05) is 13.8 Å². The molecule has 0 unspecified atom stereocenters. The number of ether oxygens (including phenoxy) is 7. The lowest BCUT2D eigenvalue weighted by Crippen LogP contribution is -2.43. The molecule has 1 N–H and O–H groups in total. The second-order valence-corrected chi connectivity index (χ2v) is 16.5. The first-order chi connectivity index (χ1) is 24.6. The summed E-state index contributed by atoms with van der Waals surface area (Å²) >= 11 is 0. The highest BCUT2D eigenvalue weighted by Gasteiger charge is 2.54. The van der Waals surface area contributed by atoms with E-state index in [1.54, 1.807) is 7.11 Å². The molecule has 0 radical (unpaired) electrons. The Kier molecular flexibility index (Phi) is 21.2. The van der Waals surface area contributed by atoms with Crippen LogP contribution in [0, 0.1) is 35.0 Å². The number of methoxy groups -OCH3 is 1. The first kappa shape index (κ1) is 44.3. The van der Waals surface area contributed by atoms with Gasteiger partial charge >= 0.3 is 5.97 Å². The molecule has 3 rings (SSSR count). The maximum atomic E-state index is 12.8. The third kappa shape index (κ3) is 16.5. The number of rotatable bonds is 29. The van der Waals surface area contributed by atoms with Crippen molar-refractivity contribution in [1.82, 2.24) is 0 Å². The van der Waals surface area contributed by atoms with Crippen LogP contribution in [-0.4, -0.2) is 103 Å². The Morgan fingerprint density at radius 2 is 1.49 bits per heavy atom. The summed E-state index contributed by atoms with van der Waals surface area (Å²) in [7, 11) is 1.65. The van der Waals surface area contributed by atoms with Crippen LogP contribution < -0.4 is 0 Å². The van der Waals surface area contributed by atoms with Gasteiger partial charge in [0.1, 0.15) is 6.10 Å². The maximum absolute atomic E-state index is 12.8. The van der Waals surface area contributed by atoms with Crippen molar-refractivity contribution < 1.29 is 43.1 Å². The number of unbranched alkanes of at least 4 members (excludes halogenated alkanes) is 1. The Morgan fingerprint density at radius 3 is 2.08 bits per heavy atom. The molecule has 0 amide bonds. The summed E-state index contributed by atoms with van der Waals surface area (Å²) in [4.78, 5) is 12.8. The fraction of sp³-hybridized carbons (Fsp3) is 0.929. The summed E-state index contributed by atoms with van der Waals surface area (Å²) in [5, 5.41) is 10.2. The molecule has 3 aliphatic rings. The lowest BCUT2D eigenvalue weighted by atomic mass is 9.54. The molecule has 2 fully saturated rings. The van der Waals surface area contributed by atoms with E-state index in [1.165, 1.54) is 50.5 Å². The van der Waals surface area contributed by atoms with Crippen LogP contribution in [0.15, 0.2) is 11.6 Å². The van der Waals surface area contributed by atoms with Gasteiger partial charge in [0.2, 0.25) is 0 Å². The smallest absolute Gasteiger partial charge is 0.308 e. The van der Waals surface area contributed by atoms with Gasteiger partial charge in [0.05, 0.1) is 84.7 Å². The molecular formula is C42H76O9. The standard InChI is InChI=1S/C42H76O9/c1-7-8-11-36(51-40(43)17-20-46-23-24-48-27-28-50-30-29-49-26-25-47-22-21-45-6)32-34-12-13-37-35(31-34)16-19-42(5)38(14-15-39(37)42)33(2)10-9-18-41(3,4)44/h12,33,35-39,44H,7-11,13-32H2,1-6H3/t33-,35-,36+,37-,38-,39+,42-/m1/s1. The van der Waals surface area contributed by atoms with Crippen LogP contribution in [0.5, 0.6) is 0 Å². The van der Waals surface area contributed by atoms with Gasteiger partial charge in [0.25, 0.3) is 0 Å². The number of carbonyl (C=O) groups excluding carboxylic acids is 1. The van der Waals surface area contributed by atoms with E-state index >= 15 is 0 Å². The number of aliphatic hydroxyl groups is 1. The van der Waals surface area contributed by atoms with Crippen molar-refractivity contribution in [3.63, 3.8) is 0 Å². The Morgan fingerprint density at radius 1 is 0.882 bits per heavy atom. The van der Waals surface area contributed by atoms with Gasteiger partial charge < -0.3 is 38.3 Å². The highest BCUT2D eigenvalue weighted by atomic mass is 16.6. The fourth-order valence-electron chi connectivity index (χ4n) is 9.35. The van der Waals surface area contributed by atoms with Crippen molar-refractivity contribution in [2.45, 2.75) is 136 Å². The Hall–Kier alpha value is -1.07. The Balaban J connectivity index is 1.29. The molecule has 0 saturated heterocycles. The van der Waals surface area contributed by atoms with Crippen LogP contribution in [0.1, 0.15) is 125 Å². The van der Waals surface area contributed by atoms with Gasteiger partial charge in [-0.25, -0.2) is 0 Å². The minimum Gasteiger partial charge on any atom is -0.462 e. The quantitative estimate of drug-likeness (QED) is 0.0468. The molecule has 7 atom stereocenters. The van der Waals surface area contributed by atoms with Gasteiger partial charge in [-0.05, 0) is 100 Å². The summed E-state index contributed by atoms with van der Waals surface area (Å²) in [5.74, 6) is 3.78. The first-order valence-electron chi connectivity index (χ1n) is 20.5. The maximum Gasteiger partial charge on any atom is 0.308 e. The predicted molar refractivity (Wildman–Crippen MR) is 202 cm³/mol. The molecule has 9 heteroatoms. The zero-order valence-electron chi connectivity index (χ0n) is 33.4. The fourth-order valence-corrected chi connectivity index (χ4v) is 9.35. The number of allylic oxidation sites excluding steroid dienone is 1. The minimum atomic E-state index is -0.556. The molecule has 0 aliphatic heterocycles. The normalized spacial score (nSPS) is 26.0. The second kappa shape index (κ2) is 24.4. The number of hydrogen-bond acceptors (Lipinski definition) is 9. The summed E-state index contributed by atoms with van der Waals surface area (Å²) in [6.07, 6.45) is 17.8. The number of esters is 1. The van der Waals surface area contributed by atoms with E-state index in [-0.39, 0.29) is 18.5 Å². The monoisotopic (exact) mass is 725 g/mol. The van der Waals surface area contributed by atoms with Crippen LogP contribution in [0.4, 0.5) is 0 Å². The number of fused-ring (bicyclic) bond motifs is 3. The lowest BCUT2D eigenvalue weighted by Gasteiger charge is -2.51. The molecule has 2 saturated carbocycles. The molecular weight excluding hydrogens is 648 g/mol. The summed E-state index contributed by atoms with van der Waals surface area (Å²) in [6, 6.07) is 0. The molecule has 51 heavy (non-hydrogen) atoms. The van der Waals surface area contributed by atoms with Crippen LogP contribution in [0.2, 0.25) is 0 Å². The average Bonchev–Trinajstić information content (AvgIpc) is 3.45. The number of hydrogen-bond donors (Lipinski definition) is 1. The molecule has 0 heterocycles. The van der Waals surface area contributed by atoms with Crippen molar-refractivity contribution in [2.24, 2.45) is 35.0 Å². The van der Waals surface area contributed by atoms with Crippen LogP contribution >= 0.6 is 0 Å². The van der Waals surface area contributed by atoms with Crippen LogP contribution in [-0.2, 0) is 38.0 Å². The molecule has 3 aliphatic carbocycles. The average molecular weight is 725 g/mol. The minimum absolute atomic E-state index is 0.0438. The molecule has 9 nitrogen and oxygen atoms in total. The molecule has 0 spiro atoms. The third-order valence-electron chi connectivity index (χ3n) is 12.0. The van der Waals surface area contributed by atoms with Gasteiger partial charge in [0.15, 0.2) is 0 Å². The first-order valence-corrected chi connectivity index (χ1v) is 20.5. The summed E-state index contributed by atoms with van der Waals surface area (Å²) in [6.45, 7) is 16.7. The van der Waals surface area contributed by atoms with E-state index in [0.717, 1.165) is 68.1 Å². The highest BCUT2D eigenvalue weighted by molar-refractivity contribution is 5.69. The van der Waals surface area contributed by atoms with Crippen molar-refractivity contribution in [2.75, 3.05) is 79.8 Å². The van der Waals surface area contributed by atoms with Gasteiger partial charge in [-0.3, -0.25) is 4.79 Å². The molecule has 0 aromatic heterocycles. The van der Waals surface area contributed by atoms with Crippen molar-refractivity contribution in [3.8, 4) is 0 Å². The second-order valence-electron chi connectivity index (χ2n) is 16.5. The molecule has 0 aromatic carbocycles. The van der Waals surface area contributed by atoms with Crippen molar-refractivity contribution in [3.05, 3.63) is 11.6 Å².